The Bertz CT molecular complexity index is 129. The molecule has 0 spiro atoms. The summed E-state index contributed by atoms with van der Waals surface area (Å²) in [6.45, 7) is 14.0. The summed E-state index contributed by atoms with van der Waals surface area (Å²) in [7, 11) is 0. The number of hydrogen-bond donors (Lipinski definition) is 2. The molecule has 1 atom stereocenters. The van der Waals surface area contributed by atoms with Crippen molar-refractivity contribution < 1.29 is 15.0 Å². The van der Waals surface area contributed by atoms with Crippen molar-refractivity contribution in [3.05, 3.63) is 0 Å². The Kier molecular flexibility index (Phi) is 21.8. The molecule has 1 rings (SSSR count). The van der Waals surface area contributed by atoms with Crippen LogP contribution in [0.25, 0.3) is 0 Å². The van der Waals surface area contributed by atoms with Crippen molar-refractivity contribution in [3.8, 4) is 0 Å². The number of carboxylic acid groups (broad SMARTS) is 1. The lowest BCUT2D eigenvalue weighted by Gasteiger charge is -2.18. The molecule has 0 amide bonds. The Morgan fingerprint density at radius 1 is 1.25 bits per heavy atom. The maximum absolute atomic E-state index is 9.11. The van der Waals surface area contributed by atoms with Crippen LogP contribution in [0.15, 0.2) is 0 Å². The Hall–Kier alpha value is -0.610. The van der Waals surface area contributed by atoms with E-state index in [2.05, 4.69) is 18.7 Å². The monoisotopic (exact) mass is 235 g/mol. The second-order valence-electron chi connectivity index (χ2n) is 3.14. The first kappa shape index (κ1) is 20.8. The van der Waals surface area contributed by atoms with Gasteiger partial charge in [-0.3, -0.25) is 9.69 Å². The molecule has 1 saturated heterocycles. The van der Waals surface area contributed by atoms with E-state index in [9.17, 15) is 0 Å². The summed E-state index contributed by atoms with van der Waals surface area (Å²) in [5.74, 6) is 0. The van der Waals surface area contributed by atoms with E-state index in [-0.39, 0.29) is 12.6 Å². The summed E-state index contributed by atoms with van der Waals surface area (Å²) in [6, 6.07) is 0.599. The first-order valence-electron chi connectivity index (χ1n) is 6.11. The van der Waals surface area contributed by atoms with Gasteiger partial charge in [0.1, 0.15) is 0 Å². The zero-order valence-corrected chi connectivity index (χ0v) is 11.6. The van der Waals surface area contributed by atoms with E-state index in [1.807, 2.05) is 27.7 Å². The van der Waals surface area contributed by atoms with Gasteiger partial charge in [-0.2, -0.15) is 0 Å². The topological polar surface area (TPSA) is 60.8 Å². The van der Waals surface area contributed by atoms with Crippen LogP contribution >= 0.6 is 0 Å². The van der Waals surface area contributed by atoms with Gasteiger partial charge in [0.05, 0.1) is 6.10 Å². The molecule has 1 heterocycles. The lowest BCUT2D eigenvalue weighted by atomic mass is 10.3. The van der Waals surface area contributed by atoms with Crippen LogP contribution in [0.1, 0.15) is 48.0 Å². The second kappa shape index (κ2) is 16.8. The minimum atomic E-state index is -0.250. The molecule has 0 aromatic carbocycles. The smallest absolute Gasteiger partial charge is 0.290 e. The molecule has 1 unspecified atom stereocenters. The molecule has 0 saturated carbocycles. The quantitative estimate of drug-likeness (QED) is 0.684. The van der Waals surface area contributed by atoms with Crippen LogP contribution in [0.5, 0.6) is 0 Å². The van der Waals surface area contributed by atoms with Crippen LogP contribution in [0.3, 0.4) is 0 Å². The lowest BCUT2D eigenvalue weighted by Crippen LogP contribution is -2.28. The molecule has 0 aliphatic carbocycles. The maximum atomic E-state index is 9.11. The number of aliphatic hydroxyl groups is 1. The van der Waals surface area contributed by atoms with Crippen LogP contribution in [-0.4, -0.2) is 46.8 Å². The van der Waals surface area contributed by atoms with Gasteiger partial charge in [-0.25, -0.2) is 0 Å². The summed E-state index contributed by atoms with van der Waals surface area (Å²) in [5.41, 5.74) is 0. The van der Waals surface area contributed by atoms with Crippen molar-refractivity contribution in [3.63, 3.8) is 0 Å². The molecule has 1 aliphatic heterocycles. The van der Waals surface area contributed by atoms with Gasteiger partial charge >= 0.3 is 0 Å². The Labute approximate surface area is 100 Å². The highest BCUT2D eigenvalue weighted by Gasteiger charge is 2.21. The molecule has 1 fully saturated rings. The fourth-order valence-corrected chi connectivity index (χ4v) is 1.24. The summed E-state index contributed by atoms with van der Waals surface area (Å²) in [4.78, 5) is 10.7. The van der Waals surface area contributed by atoms with Crippen molar-refractivity contribution in [2.75, 3.05) is 13.1 Å². The van der Waals surface area contributed by atoms with E-state index in [1.165, 1.54) is 0 Å². The van der Waals surface area contributed by atoms with Gasteiger partial charge < -0.3 is 10.2 Å². The number of nitrogens with zero attached hydrogens (tertiary/aromatic N) is 1. The Balaban J connectivity index is -0.000000206. The van der Waals surface area contributed by atoms with E-state index >= 15 is 0 Å². The maximum Gasteiger partial charge on any atom is 0.290 e. The highest BCUT2D eigenvalue weighted by molar-refractivity contribution is 5.32. The summed E-state index contributed by atoms with van der Waals surface area (Å²) in [5, 5.41) is 16.0. The minimum absolute atomic E-state index is 0.0626. The van der Waals surface area contributed by atoms with Gasteiger partial charge in [-0.1, -0.05) is 27.7 Å². The molecule has 0 aromatic rings. The van der Waals surface area contributed by atoms with Crippen molar-refractivity contribution in [1.29, 1.82) is 0 Å². The summed E-state index contributed by atoms with van der Waals surface area (Å²) >= 11 is 0. The minimum Gasteiger partial charge on any atom is -0.483 e. The van der Waals surface area contributed by atoms with Gasteiger partial charge in [0.25, 0.3) is 6.47 Å². The van der Waals surface area contributed by atoms with Gasteiger partial charge in [0, 0.05) is 19.1 Å². The first-order valence-corrected chi connectivity index (χ1v) is 6.11. The van der Waals surface area contributed by atoms with Gasteiger partial charge in [0.15, 0.2) is 0 Å². The van der Waals surface area contributed by atoms with E-state index in [0.29, 0.717) is 6.04 Å². The van der Waals surface area contributed by atoms with E-state index in [0.717, 1.165) is 19.5 Å². The second-order valence-corrected chi connectivity index (χ2v) is 3.14. The third kappa shape index (κ3) is 13.4. The molecule has 0 aromatic heterocycles. The third-order valence-electron chi connectivity index (χ3n) is 1.93. The number of β-amino-alcohol motifs (C(OH)–C–C–N with tert-alkyl or cyclic N) is 1. The molecule has 4 heteroatoms. The van der Waals surface area contributed by atoms with Gasteiger partial charge in [-0.15, -0.1) is 0 Å². The Morgan fingerprint density at radius 2 is 1.62 bits per heavy atom. The highest BCUT2D eigenvalue weighted by atomic mass is 16.3. The van der Waals surface area contributed by atoms with E-state index in [1.54, 1.807) is 0 Å². The highest BCUT2D eigenvalue weighted by Crippen LogP contribution is 2.11. The molecule has 2 N–H and O–H groups in total. The van der Waals surface area contributed by atoms with E-state index < -0.39 is 0 Å². The number of aliphatic hydroxyl groups excluding tert-OH is 1. The first-order chi connectivity index (χ1) is 7.61. The van der Waals surface area contributed by atoms with Crippen molar-refractivity contribution >= 4 is 6.47 Å². The Morgan fingerprint density at radius 3 is 1.75 bits per heavy atom. The van der Waals surface area contributed by atoms with Crippen molar-refractivity contribution in [2.24, 2.45) is 0 Å². The van der Waals surface area contributed by atoms with E-state index in [4.69, 9.17) is 15.0 Å². The summed E-state index contributed by atoms with van der Waals surface area (Å²) < 4.78 is 0. The van der Waals surface area contributed by atoms with Crippen LogP contribution in [0.4, 0.5) is 0 Å². The zero-order valence-electron chi connectivity index (χ0n) is 11.6. The fraction of sp³-hybridized carbons (Fsp3) is 0.917. The lowest BCUT2D eigenvalue weighted by molar-refractivity contribution is -0.122. The molecular formula is C12H29NO3. The zero-order chi connectivity index (χ0) is 13.6. The molecule has 0 bridgehead atoms. The van der Waals surface area contributed by atoms with Gasteiger partial charge in [-0.05, 0) is 20.3 Å². The number of rotatable bonds is 1. The number of likely N-dealkylation sites (tertiary alicyclic amines) is 1. The SMILES string of the molecule is CC.CC.CC(C)N1CCC(O)C1.O=CO. The van der Waals surface area contributed by atoms with Crippen LogP contribution in [0, 0.1) is 0 Å². The van der Waals surface area contributed by atoms with Crippen molar-refractivity contribution in [2.45, 2.75) is 60.1 Å². The average molecular weight is 235 g/mol. The van der Waals surface area contributed by atoms with Gasteiger partial charge in [0.2, 0.25) is 0 Å². The third-order valence-corrected chi connectivity index (χ3v) is 1.93. The predicted octanol–water partition coefficient (Wildman–Crippen LogP) is 2.21. The number of carbonyl (C=O) groups is 1. The molecule has 100 valence electrons. The van der Waals surface area contributed by atoms with Crippen LogP contribution in [0.2, 0.25) is 0 Å². The molecular weight excluding hydrogens is 206 g/mol. The molecule has 16 heavy (non-hydrogen) atoms. The van der Waals surface area contributed by atoms with Crippen LogP contribution < -0.4 is 0 Å². The number of hydrogen-bond acceptors (Lipinski definition) is 3. The van der Waals surface area contributed by atoms with Crippen molar-refractivity contribution in [1.82, 2.24) is 4.90 Å². The predicted molar refractivity (Wildman–Crippen MR) is 68.7 cm³/mol. The fourth-order valence-electron chi connectivity index (χ4n) is 1.24. The average Bonchev–Trinajstić information content (AvgIpc) is 2.72. The van der Waals surface area contributed by atoms with Crippen LogP contribution in [-0.2, 0) is 4.79 Å². The normalized spacial score (nSPS) is 18.4. The summed E-state index contributed by atoms with van der Waals surface area (Å²) in [6.07, 6.45) is 0.894. The molecule has 4 nitrogen and oxygen atoms in total. The molecule has 0 radical (unpaired) electrons. The standard InChI is InChI=1S/C7H15NO.2C2H6.CH2O2/c1-6(2)8-4-3-7(9)5-8;2*1-2;2-1-3/h6-7,9H,3-5H2,1-2H3;2*1-2H3;1H,(H,2,3). The molecule has 1 aliphatic rings. The largest absolute Gasteiger partial charge is 0.483 e.